The third-order valence-electron chi connectivity index (χ3n) is 7.93. The van der Waals surface area contributed by atoms with Gasteiger partial charge in [0.05, 0.1) is 12.6 Å². The summed E-state index contributed by atoms with van der Waals surface area (Å²) in [5.41, 5.74) is 5.40. The van der Waals surface area contributed by atoms with Crippen molar-refractivity contribution in [1.82, 2.24) is 0 Å². The molecule has 33 heavy (non-hydrogen) atoms. The number of hydrogen-bond acceptors (Lipinski definition) is 3. The second kappa shape index (κ2) is 8.26. The zero-order valence-electron chi connectivity index (χ0n) is 19.0. The van der Waals surface area contributed by atoms with Gasteiger partial charge in [-0.05, 0) is 103 Å². The van der Waals surface area contributed by atoms with E-state index in [9.17, 15) is 4.79 Å². The van der Waals surface area contributed by atoms with E-state index in [4.69, 9.17) is 4.74 Å². The number of amides is 1. The van der Waals surface area contributed by atoms with E-state index in [1.165, 1.54) is 36.1 Å². The Morgan fingerprint density at radius 1 is 1.00 bits per heavy atom. The number of anilines is 2. The first-order valence-corrected chi connectivity index (χ1v) is 12.2. The summed E-state index contributed by atoms with van der Waals surface area (Å²) in [6.45, 7) is 2.59. The molecule has 2 saturated carbocycles. The van der Waals surface area contributed by atoms with Crippen molar-refractivity contribution in [2.45, 2.75) is 38.1 Å². The minimum Gasteiger partial charge on any atom is -0.494 e. The number of ether oxygens (including phenoxy) is 1. The van der Waals surface area contributed by atoms with Crippen LogP contribution in [-0.4, -0.2) is 12.5 Å². The monoisotopic (exact) mass is 438 g/mol. The number of hydrogen-bond donors (Lipinski definition) is 2. The van der Waals surface area contributed by atoms with Crippen LogP contribution in [0.25, 0.3) is 0 Å². The molecule has 3 aromatic carbocycles. The molecule has 0 saturated heterocycles. The van der Waals surface area contributed by atoms with Gasteiger partial charge < -0.3 is 15.4 Å². The van der Waals surface area contributed by atoms with Gasteiger partial charge in [0, 0.05) is 16.9 Å². The van der Waals surface area contributed by atoms with Crippen LogP contribution in [-0.2, 0) is 0 Å². The Bertz CT molecular complexity index is 1160. The van der Waals surface area contributed by atoms with Crippen LogP contribution in [0.15, 0.2) is 72.8 Å². The highest BCUT2D eigenvalue weighted by atomic mass is 16.5. The van der Waals surface area contributed by atoms with Gasteiger partial charge in [0.1, 0.15) is 5.75 Å². The van der Waals surface area contributed by atoms with Crippen molar-refractivity contribution in [3.8, 4) is 5.75 Å². The third-order valence-corrected chi connectivity index (χ3v) is 7.93. The first-order chi connectivity index (χ1) is 16.2. The van der Waals surface area contributed by atoms with Crippen molar-refractivity contribution in [3.05, 3.63) is 89.5 Å². The number of nitrogens with one attached hydrogen (secondary N) is 2. The van der Waals surface area contributed by atoms with Crippen molar-refractivity contribution in [2.24, 2.45) is 17.8 Å². The van der Waals surface area contributed by atoms with E-state index in [0.717, 1.165) is 28.8 Å². The molecule has 1 aliphatic heterocycles. The van der Waals surface area contributed by atoms with E-state index in [1.54, 1.807) is 0 Å². The molecule has 1 heterocycles. The summed E-state index contributed by atoms with van der Waals surface area (Å²) in [5, 5.41) is 6.91. The first kappa shape index (κ1) is 20.3. The molecule has 5 atom stereocenters. The average molecular weight is 439 g/mol. The number of benzene rings is 3. The molecule has 2 aliphatic carbocycles. The molecule has 2 bridgehead atoms. The second-order valence-electron chi connectivity index (χ2n) is 9.68. The number of carbonyl (C=O) groups excluding carboxylic acids is 1. The second-order valence-corrected chi connectivity index (χ2v) is 9.68. The number of rotatable bonds is 5. The Labute approximate surface area is 195 Å². The lowest BCUT2D eigenvalue weighted by Crippen LogP contribution is -2.35. The Kier molecular flexibility index (Phi) is 5.09. The summed E-state index contributed by atoms with van der Waals surface area (Å²) in [6, 6.07) is 25.0. The van der Waals surface area contributed by atoms with Gasteiger partial charge in [0.25, 0.3) is 5.91 Å². The SMILES string of the molecule is CCOc1ccc(NC(=O)c2ccc3c(c2)[C@@H]2[C@H]4CC[C@@H](C4)[C@H]2[C@@H](c2ccccc2)N3)cc1. The van der Waals surface area contributed by atoms with Crippen LogP contribution in [0.4, 0.5) is 11.4 Å². The Morgan fingerprint density at radius 3 is 2.58 bits per heavy atom. The minimum absolute atomic E-state index is 0.0631. The molecule has 6 rings (SSSR count). The van der Waals surface area contributed by atoms with Gasteiger partial charge in [-0.15, -0.1) is 0 Å². The first-order valence-electron chi connectivity index (χ1n) is 12.2. The molecule has 168 valence electrons. The van der Waals surface area contributed by atoms with Gasteiger partial charge in [0.2, 0.25) is 0 Å². The van der Waals surface area contributed by atoms with Gasteiger partial charge in [-0.2, -0.15) is 0 Å². The molecule has 0 radical (unpaired) electrons. The summed E-state index contributed by atoms with van der Waals surface area (Å²) in [6.07, 6.45) is 3.97. The molecule has 1 amide bonds. The van der Waals surface area contributed by atoms with E-state index in [2.05, 4.69) is 53.1 Å². The summed E-state index contributed by atoms with van der Waals surface area (Å²) in [5.74, 6) is 3.38. The van der Waals surface area contributed by atoms with Crippen LogP contribution in [0.3, 0.4) is 0 Å². The Balaban J connectivity index is 1.29. The van der Waals surface area contributed by atoms with Crippen LogP contribution < -0.4 is 15.4 Å². The quantitative estimate of drug-likeness (QED) is 0.470. The molecule has 4 nitrogen and oxygen atoms in total. The Morgan fingerprint density at radius 2 is 1.79 bits per heavy atom. The number of fused-ring (bicyclic) bond motifs is 7. The van der Waals surface area contributed by atoms with Crippen LogP contribution in [0, 0.1) is 17.8 Å². The molecule has 2 N–H and O–H groups in total. The van der Waals surface area contributed by atoms with Crippen molar-refractivity contribution in [1.29, 1.82) is 0 Å². The maximum Gasteiger partial charge on any atom is 0.255 e. The van der Waals surface area contributed by atoms with Gasteiger partial charge >= 0.3 is 0 Å². The maximum atomic E-state index is 13.1. The summed E-state index contributed by atoms with van der Waals surface area (Å²) < 4.78 is 5.50. The van der Waals surface area contributed by atoms with Gasteiger partial charge in [0.15, 0.2) is 0 Å². The van der Waals surface area contributed by atoms with Gasteiger partial charge in [-0.1, -0.05) is 30.3 Å². The predicted octanol–water partition coefficient (Wildman–Crippen LogP) is 6.63. The number of carbonyl (C=O) groups is 1. The fraction of sp³-hybridized carbons (Fsp3) is 0.345. The van der Waals surface area contributed by atoms with Gasteiger partial charge in [-0.25, -0.2) is 0 Å². The van der Waals surface area contributed by atoms with E-state index < -0.39 is 0 Å². The van der Waals surface area contributed by atoms with Crippen LogP contribution in [0.1, 0.15) is 59.6 Å². The van der Waals surface area contributed by atoms with E-state index in [-0.39, 0.29) is 5.91 Å². The van der Waals surface area contributed by atoms with Gasteiger partial charge in [-0.3, -0.25) is 4.79 Å². The van der Waals surface area contributed by atoms with Crippen molar-refractivity contribution >= 4 is 17.3 Å². The molecule has 0 unspecified atom stereocenters. The minimum atomic E-state index is -0.0631. The van der Waals surface area contributed by atoms with Crippen LogP contribution in [0.2, 0.25) is 0 Å². The van der Waals surface area contributed by atoms with E-state index >= 15 is 0 Å². The average Bonchev–Trinajstić information content (AvgIpc) is 3.48. The highest BCUT2D eigenvalue weighted by Crippen LogP contribution is 2.63. The largest absolute Gasteiger partial charge is 0.494 e. The van der Waals surface area contributed by atoms with Crippen LogP contribution in [0.5, 0.6) is 5.75 Å². The molecule has 4 heteroatoms. The molecule has 3 aliphatic rings. The van der Waals surface area contributed by atoms with E-state index in [1.807, 2.05) is 37.3 Å². The molecular weight excluding hydrogens is 408 g/mol. The zero-order valence-corrected chi connectivity index (χ0v) is 19.0. The molecule has 0 spiro atoms. The summed E-state index contributed by atoms with van der Waals surface area (Å²) in [4.78, 5) is 13.1. The lowest BCUT2D eigenvalue weighted by Gasteiger charge is -2.43. The predicted molar refractivity (Wildman–Crippen MR) is 132 cm³/mol. The maximum absolute atomic E-state index is 13.1. The van der Waals surface area contributed by atoms with Crippen molar-refractivity contribution in [3.63, 3.8) is 0 Å². The standard InChI is InChI=1S/C29H30N2O2/c1-2-33-23-13-11-22(12-14-23)30-29(32)21-10-15-25-24(17-21)26-19-8-9-20(16-19)27(26)28(31-25)18-6-4-3-5-7-18/h3-7,10-15,17,19-20,26-28,31H,2,8-9,16H2,1H3,(H,30,32)/t19-,20-,26-,27+,28+/m0/s1. The van der Waals surface area contributed by atoms with E-state index in [0.29, 0.717) is 24.5 Å². The summed E-state index contributed by atoms with van der Waals surface area (Å²) in [7, 11) is 0. The highest BCUT2D eigenvalue weighted by molar-refractivity contribution is 6.04. The highest BCUT2D eigenvalue weighted by Gasteiger charge is 2.53. The lowest BCUT2D eigenvalue weighted by molar-refractivity contribution is 0.102. The lowest BCUT2D eigenvalue weighted by atomic mass is 9.68. The molecule has 2 fully saturated rings. The zero-order chi connectivity index (χ0) is 22.4. The topological polar surface area (TPSA) is 50.4 Å². The smallest absolute Gasteiger partial charge is 0.255 e. The van der Waals surface area contributed by atoms with Crippen molar-refractivity contribution < 1.29 is 9.53 Å². The molecule has 0 aromatic heterocycles. The fourth-order valence-electron chi connectivity index (χ4n) is 6.62. The third kappa shape index (κ3) is 3.58. The molecule has 3 aromatic rings. The van der Waals surface area contributed by atoms with Crippen molar-refractivity contribution in [2.75, 3.05) is 17.2 Å². The summed E-state index contributed by atoms with van der Waals surface area (Å²) >= 11 is 0. The normalized spacial score (nSPS) is 26.8. The Hall–Kier alpha value is -3.27. The van der Waals surface area contributed by atoms with Crippen LogP contribution >= 0.6 is 0 Å². The molecular formula is C29H30N2O2. The fourth-order valence-corrected chi connectivity index (χ4v) is 6.62.